The molecule has 0 aliphatic carbocycles. The number of anilines is 1. The summed E-state index contributed by atoms with van der Waals surface area (Å²) in [5.74, 6) is -0.139. The standard InChI is InChI=1S/C18H19ClN2O4S/c1-25-16-9-8-14(19)11-17(16)26(23,24)20-12-18(22)21-10-4-6-13-5-2-3-7-15(13)21/h2-3,5,7-9,11,20H,4,6,10,12H2,1H3. The highest BCUT2D eigenvalue weighted by atomic mass is 35.5. The summed E-state index contributed by atoms with van der Waals surface area (Å²) in [6, 6.07) is 12.0. The predicted octanol–water partition coefficient (Wildman–Crippen LogP) is 2.61. The number of aryl methyl sites for hydroxylation is 1. The third-order valence-electron chi connectivity index (χ3n) is 4.24. The van der Waals surface area contributed by atoms with Crippen molar-refractivity contribution in [1.29, 1.82) is 0 Å². The molecule has 0 radical (unpaired) electrons. The molecule has 6 nitrogen and oxygen atoms in total. The number of benzene rings is 2. The number of halogens is 1. The number of rotatable bonds is 5. The van der Waals surface area contributed by atoms with Crippen LogP contribution in [0.15, 0.2) is 47.4 Å². The number of carbonyl (C=O) groups is 1. The van der Waals surface area contributed by atoms with Crippen molar-refractivity contribution in [1.82, 2.24) is 4.72 Å². The number of amides is 1. The van der Waals surface area contributed by atoms with Crippen LogP contribution in [0.25, 0.3) is 0 Å². The second kappa shape index (κ2) is 7.65. The molecule has 1 amide bonds. The molecule has 8 heteroatoms. The summed E-state index contributed by atoms with van der Waals surface area (Å²) >= 11 is 5.90. The third-order valence-corrected chi connectivity index (χ3v) is 5.90. The summed E-state index contributed by atoms with van der Waals surface area (Å²) in [5, 5.41) is 0.266. The van der Waals surface area contributed by atoms with E-state index in [-0.39, 0.29) is 28.1 Å². The van der Waals surface area contributed by atoms with Gasteiger partial charge < -0.3 is 9.64 Å². The number of ether oxygens (including phenoxy) is 1. The number of hydrogen-bond acceptors (Lipinski definition) is 4. The maximum atomic E-state index is 12.6. The zero-order valence-electron chi connectivity index (χ0n) is 14.2. The van der Waals surface area contributed by atoms with Crippen molar-refractivity contribution in [3.05, 3.63) is 53.1 Å². The molecule has 1 heterocycles. The fourth-order valence-electron chi connectivity index (χ4n) is 2.98. The fourth-order valence-corrected chi connectivity index (χ4v) is 4.39. The van der Waals surface area contributed by atoms with E-state index in [0.717, 1.165) is 24.1 Å². The molecule has 0 fully saturated rings. The molecule has 0 aromatic heterocycles. The number of nitrogens with zero attached hydrogens (tertiary/aromatic N) is 1. The summed E-state index contributed by atoms with van der Waals surface area (Å²) < 4.78 is 32.6. The SMILES string of the molecule is COc1ccc(Cl)cc1S(=O)(=O)NCC(=O)N1CCCc2ccccc21. The van der Waals surface area contributed by atoms with E-state index >= 15 is 0 Å². The van der Waals surface area contributed by atoms with Crippen molar-refractivity contribution in [2.75, 3.05) is 25.1 Å². The van der Waals surface area contributed by atoms with Gasteiger partial charge in [0.25, 0.3) is 0 Å². The molecule has 0 bridgehead atoms. The Labute approximate surface area is 157 Å². The van der Waals surface area contributed by atoms with Crippen molar-refractivity contribution < 1.29 is 17.9 Å². The molecule has 0 saturated carbocycles. The topological polar surface area (TPSA) is 75.7 Å². The monoisotopic (exact) mass is 394 g/mol. The largest absolute Gasteiger partial charge is 0.495 e. The lowest BCUT2D eigenvalue weighted by Crippen LogP contribution is -2.42. The molecule has 0 spiro atoms. The van der Waals surface area contributed by atoms with Gasteiger partial charge in [0.15, 0.2) is 0 Å². The van der Waals surface area contributed by atoms with Gasteiger partial charge in [-0.1, -0.05) is 29.8 Å². The number of carbonyl (C=O) groups excluding carboxylic acids is 1. The normalized spacial score (nSPS) is 14.0. The third kappa shape index (κ3) is 3.85. The van der Waals surface area contributed by atoms with Gasteiger partial charge in [-0.25, -0.2) is 13.1 Å². The lowest BCUT2D eigenvalue weighted by atomic mass is 10.0. The average Bonchev–Trinajstić information content (AvgIpc) is 2.65. The summed E-state index contributed by atoms with van der Waals surface area (Å²) in [6.45, 7) is 0.227. The summed E-state index contributed by atoms with van der Waals surface area (Å²) in [5.41, 5.74) is 1.93. The van der Waals surface area contributed by atoms with E-state index in [0.29, 0.717) is 6.54 Å². The Balaban J connectivity index is 1.77. The summed E-state index contributed by atoms with van der Waals surface area (Å²) in [4.78, 5) is 14.1. The first kappa shape index (κ1) is 18.7. The highest BCUT2D eigenvalue weighted by Crippen LogP contribution is 2.28. The van der Waals surface area contributed by atoms with E-state index < -0.39 is 10.0 Å². The zero-order valence-corrected chi connectivity index (χ0v) is 15.8. The highest BCUT2D eigenvalue weighted by Gasteiger charge is 2.25. The molecular weight excluding hydrogens is 376 g/mol. The Hall–Kier alpha value is -2.09. The fraction of sp³-hybridized carbons (Fsp3) is 0.278. The molecule has 1 aliphatic heterocycles. The van der Waals surface area contributed by atoms with E-state index in [2.05, 4.69) is 4.72 Å². The average molecular weight is 395 g/mol. The van der Waals surface area contributed by atoms with Crippen molar-refractivity contribution >= 4 is 33.2 Å². The van der Waals surface area contributed by atoms with Crippen LogP contribution in [0.4, 0.5) is 5.69 Å². The van der Waals surface area contributed by atoms with Crippen molar-refractivity contribution in [3.8, 4) is 5.75 Å². The van der Waals surface area contributed by atoms with Gasteiger partial charge in [0.2, 0.25) is 15.9 Å². The van der Waals surface area contributed by atoms with E-state index in [1.165, 1.54) is 25.3 Å². The molecular formula is C18H19ClN2O4S. The van der Waals surface area contributed by atoms with Gasteiger partial charge in [-0.05, 0) is 42.7 Å². The Kier molecular flexibility index (Phi) is 5.50. The second-order valence-electron chi connectivity index (χ2n) is 5.90. The predicted molar refractivity (Wildman–Crippen MR) is 100 cm³/mol. The van der Waals surface area contributed by atoms with Crippen LogP contribution < -0.4 is 14.4 Å². The maximum absolute atomic E-state index is 12.6. The second-order valence-corrected chi connectivity index (χ2v) is 8.07. The molecule has 3 rings (SSSR count). The first-order valence-electron chi connectivity index (χ1n) is 8.14. The summed E-state index contributed by atoms with van der Waals surface area (Å²) in [6.07, 6.45) is 1.75. The summed E-state index contributed by atoms with van der Waals surface area (Å²) in [7, 11) is -2.57. The van der Waals surface area contributed by atoms with Crippen molar-refractivity contribution in [3.63, 3.8) is 0 Å². The van der Waals surface area contributed by atoms with E-state index in [1.807, 2.05) is 24.3 Å². The van der Waals surface area contributed by atoms with Crippen LogP contribution in [0.3, 0.4) is 0 Å². The van der Waals surface area contributed by atoms with Crippen LogP contribution >= 0.6 is 11.6 Å². The van der Waals surface area contributed by atoms with E-state index in [4.69, 9.17) is 16.3 Å². The smallest absolute Gasteiger partial charge is 0.244 e. The van der Waals surface area contributed by atoms with Gasteiger partial charge in [-0.2, -0.15) is 0 Å². The van der Waals surface area contributed by atoms with Gasteiger partial charge >= 0.3 is 0 Å². The van der Waals surface area contributed by atoms with E-state index in [9.17, 15) is 13.2 Å². The van der Waals surface area contributed by atoms with Crippen LogP contribution in [0.2, 0.25) is 5.02 Å². The van der Waals surface area contributed by atoms with Gasteiger partial charge in [0.1, 0.15) is 10.6 Å². The zero-order chi connectivity index (χ0) is 18.7. The number of fused-ring (bicyclic) bond motifs is 1. The molecule has 1 N–H and O–H groups in total. The Morgan fingerprint density at radius 1 is 1.27 bits per heavy atom. The molecule has 2 aromatic carbocycles. The first-order valence-corrected chi connectivity index (χ1v) is 10.00. The minimum atomic E-state index is -3.94. The van der Waals surface area contributed by atoms with E-state index in [1.54, 1.807) is 4.90 Å². The number of hydrogen-bond donors (Lipinski definition) is 1. The maximum Gasteiger partial charge on any atom is 0.244 e. The lowest BCUT2D eigenvalue weighted by Gasteiger charge is -2.29. The lowest BCUT2D eigenvalue weighted by molar-refractivity contribution is -0.117. The molecule has 0 saturated heterocycles. The Morgan fingerprint density at radius 2 is 2.04 bits per heavy atom. The molecule has 0 atom stereocenters. The van der Waals surface area contributed by atoms with Gasteiger partial charge in [0, 0.05) is 17.3 Å². The Bertz CT molecular complexity index is 931. The van der Waals surface area contributed by atoms with Crippen LogP contribution in [-0.4, -0.2) is 34.5 Å². The number of para-hydroxylation sites is 1. The molecule has 138 valence electrons. The molecule has 26 heavy (non-hydrogen) atoms. The number of sulfonamides is 1. The van der Waals surface area contributed by atoms with Gasteiger partial charge in [-0.15, -0.1) is 0 Å². The van der Waals surface area contributed by atoms with Gasteiger partial charge in [0.05, 0.1) is 13.7 Å². The number of nitrogens with one attached hydrogen (secondary N) is 1. The minimum absolute atomic E-state index is 0.0978. The van der Waals surface area contributed by atoms with Crippen LogP contribution in [0, 0.1) is 0 Å². The van der Waals surface area contributed by atoms with Crippen molar-refractivity contribution in [2.45, 2.75) is 17.7 Å². The van der Waals surface area contributed by atoms with Gasteiger partial charge in [-0.3, -0.25) is 4.79 Å². The molecule has 0 unspecified atom stereocenters. The first-order chi connectivity index (χ1) is 12.4. The Morgan fingerprint density at radius 3 is 2.81 bits per heavy atom. The highest BCUT2D eigenvalue weighted by molar-refractivity contribution is 7.89. The van der Waals surface area contributed by atoms with Crippen LogP contribution in [0.5, 0.6) is 5.75 Å². The molecule has 1 aliphatic rings. The molecule has 2 aromatic rings. The number of methoxy groups -OCH3 is 1. The quantitative estimate of drug-likeness (QED) is 0.845. The van der Waals surface area contributed by atoms with Crippen molar-refractivity contribution in [2.24, 2.45) is 0 Å². The van der Waals surface area contributed by atoms with Crippen LogP contribution in [0.1, 0.15) is 12.0 Å². The van der Waals surface area contributed by atoms with Crippen LogP contribution in [-0.2, 0) is 21.2 Å². The minimum Gasteiger partial charge on any atom is -0.495 e.